The lowest BCUT2D eigenvalue weighted by atomic mass is 10.1. The fourth-order valence-electron chi connectivity index (χ4n) is 1.22. The lowest BCUT2D eigenvalue weighted by Crippen LogP contribution is -2.00. The summed E-state index contributed by atoms with van der Waals surface area (Å²) in [6.07, 6.45) is 0. The second-order valence-electron chi connectivity index (χ2n) is 2.74. The summed E-state index contributed by atoms with van der Waals surface area (Å²) >= 11 is 0. The van der Waals surface area contributed by atoms with E-state index in [1.165, 1.54) is 12.1 Å². The van der Waals surface area contributed by atoms with Gasteiger partial charge in [0.1, 0.15) is 0 Å². The van der Waals surface area contributed by atoms with Crippen LogP contribution in [-0.2, 0) is 4.74 Å². The summed E-state index contributed by atoms with van der Waals surface area (Å²) in [4.78, 5) is 32.5. The molecule has 6 heteroatoms. The van der Waals surface area contributed by atoms with Crippen LogP contribution >= 0.6 is 12.4 Å². The van der Waals surface area contributed by atoms with Gasteiger partial charge in [-0.1, -0.05) is 0 Å². The van der Waals surface area contributed by atoms with Crippen molar-refractivity contribution < 1.29 is 24.2 Å². The van der Waals surface area contributed by atoms with E-state index in [-0.39, 0.29) is 29.1 Å². The number of carbonyl (C=O) groups excluding carboxylic acids is 2. The highest BCUT2D eigenvalue weighted by molar-refractivity contribution is 6.15. The minimum Gasteiger partial charge on any atom is -0.478 e. The van der Waals surface area contributed by atoms with E-state index in [2.05, 4.69) is 4.74 Å². The second kappa shape index (κ2) is 3.70. The maximum Gasteiger partial charge on any atom is 0.346 e. The van der Waals surface area contributed by atoms with E-state index in [4.69, 9.17) is 5.11 Å². The van der Waals surface area contributed by atoms with Crippen molar-refractivity contribution >= 4 is 30.3 Å². The van der Waals surface area contributed by atoms with Crippen LogP contribution in [0, 0.1) is 0 Å². The van der Waals surface area contributed by atoms with Crippen molar-refractivity contribution in [2.24, 2.45) is 0 Å². The van der Waals surface area contributed by atoms with Gasteiger partial charge in [0.2, 0.25) is 0 Å². The number of esters is 2. The van der Waals surface area contributed by atoms with Crippen LogP contribution in [0.1, 0.15) is 31.1 Å². The van der Waals surface area contributed by atoms with Crippen LogP contribution in [0.2, 0.25) is 0 Å². The van der Waals surface area contributed by atoms with Crippen LogP contribution in [-0.4, -0.2) is 23.0 Å². The fourth-order valence-corrected chi connectivity index (χ4v) is 1.22. The number of fused-ring (bicyclic) bond motifs is 1. The number of hydrogen-bond acceptors (Lipinski definition) is 4. The zero-order valence-corrected chi connectivity index (χ0v) is 8.04. The van der Waals surface area contributed by atoms with Gasteiger partial charge in [0.05, 0.1) is 16.7 Å². The van der Waals surface area contributed by atoms with E-state index in [0.717, 1.165) is 6.07 Å². The largest absolute Gasteiger partial charge is 0.478 e. The summed E-state index contributed by atoms with van der Waals surface area (Å²) in [7, 11) is 0. The van der Waals surface area contributed by atoms with Crippen molar-refractivity contribution in [3.05, 3.63) is 34.9 Å². The van der Waals surface area contributed by atoms with Gasteiger partial charge in [-0.2, -0.15) is 0 Å². The summed E-state index contributed by atoms with van der Waals surface area (Å²) in [5.74, 6) is -2.69. The number of carboxylic acids is 1. The van der Waals surface area contributed by atoms with E-state index in [1.807, 2.05) is 0 Å². The molecule has 0 amide bonds. The highest BCUT2D eigenvalue weighted by Crippen LogP contribution is 2.20. The lowest BCUT2D eigenvalue weighted by Gasteiger charge is -1.94. The SMILES string of the molecule is Cl.O=C(O)c1ccc2c(c1)C(=O)OC2=O. The number of benzene rings is 1. The van der Waals surface area contributed by atoms with Crippen LogP contribution < -0.4 is 0 Å². The number of carboxylic acid groups (broad SMARTS) is 1. The summed E-state index contributed by atoms with van der Waals surface area (Å²) in [6, 6.07) is 3.65. The number of cyclic esters (lactones) is 2. The molecule has 0 saturated carbocycles. The molecule has 1 aliphatic rings. The van der Waals surface area contributed by atoms with Gasteiger partial charge in [0.15, 0.2) is 0 Å². The first kappa shape index (κ1) is 11.2. The van der Waals surface area contributed by atoms with Gasteiger partial charge in [0.25, 0.3) is 0 Å². The Hall–Kier alpha value is -1.88. The van der Waals surface area contributed by atoms with Gasteiger partial charge in [-0.05, 0) is 18.2 Å². The van der Waals surface area contributed by atoms with Gasteiger partial charge in [-0.25, -0.2) is 14.4 Å². The van der Waals surface area contributed by atoms with E-state index in [0.29, 0.717) is 0 Å². The number of rotatable bonds is 1. The third-order valence-corrected chi connectivity index (χ3v) is 1.89. The van der Waals surface area contributed by atoms with Gasteiger partial charge < -0.3 is 9.84 Å². The standard InChI is InChI=1S/C9H4O5.ClH/c10-7(11)4-1-2-5-6(3-4)9(13)14-8(5)12;/h1-3H,(H,10,11);1H. The third kappa shape index (κ3) is 1.69. The number of halogens is 1. The summed E-state index contributed by atoms with van der Waals surface area (Å²) in [6.45, 7) is 0. The highest BCUT2D eigenvalue weighted by atomic mass is 35.5. The molecule has 0 spiro atoms. The van der Waals surface area contributed by atoms with Crippen LogP contribution in [0.4, 0.5) is 0 Å². The van der Waals surface area contributed by atoms with Gasteiger partial charge >= 0.3 is 17.9 Å². The number of ether oxygens (including phenoxy) is 1. The van der Waals surface area contributed by atoms with Crippen molar-refractivity contribution in [3.8, 4) is 0 Å². The Morgan fingerprint density at radius 2 is 1.73 bits per heavy atom. The first-order valence-electron chi connectivity index (χ1n) is 3.73. The predicted octanol–water partition coefficient (Wildman–Crippen LogP) is 1.12. The van der Waals surface area contributed by atoms with Crippen molar-refractivity contribution in [2.75, 3.05) is 0 Å². The molecule has 0 bridgehead atoms. The second-order valence-corrected chi connectivity index (χ2v) is 2.74. The zero-order valence-electron chi connectivity index (χ0n) is 7.22. The molecule has 0 fully saturated rings. The average molecular weight is 229 g/mol. The lowest BCUT2D eigenvalue weighted by molar-refractivity contribution is 0.0443. The number of carbonyl (C=O) groups is 3. The molecule has 15 heavy (non-hydrogen) atoms. The van der Waals surface area contributed by atoms with E-state index < -0.39 is 17.9 Å². The minimum absolute atomic E-state index is 0. The Kier molecular flexibility index (Phi) is 2.76. The smallest absolute Gasteiger partial charge is 0.346 e. The van der Waals surface area contributed by atoms with Crippen LogP contribution in [0.3, 0.4) is 0 Å². The van der Waals surface area contributed by atoms with Crippen molar-refractivity contribution in [1.29, 1.82) is 0 Å². The topological polar surface area (TPSA) is 80.7 Å². The Bertz CT molecular complexity index is 466. The summed E-state index contributed by atoms with van der Waals surface area (Å²) < 4.78 is 4.30. The molecule has 0 unspecified atom stereocenters. The molecule has 1 heterocycles. The predicted molar refractivity (Wildman–Crippen MR) is 50.4 cm³/mol. The molecule has 0 aliphatic carbocycles. The Morgan fingerprint density at radius 3 is 2.33 bits per heavy atom. The van der Waals surface area contributed by atoms with Gasteiger partial charge in [-0.15, -0.1) is 12.4 Å². The Balaban J connectivity index is 0.00000112. The summed E-state index contributed by atoms with van der Waals surface area (Å²) in [5.41, 5.74) is 0.0744. The Labute approximate surface area is 90.1 Å². The molecule has 1 aromatic rings. The van der Waals surface area contributed by atoms with Gasteiger partial charge in [0, 0.05) is 0 Å². The first-order chi connectivity index (χ1) is 6.59. The van der Waals surface area contributed by atoms with Crippen molar-refractivity contribution in [3.63, 3.8) is 0 Å². The van der Waals surface area contributed by atoms with Crippen LogP contribution in [0.5, 0.6) is 0 Å². The average Bonchev–Trinajstić information content (AvgIpc) is 2.42. The number of aromatic carboxylic acids is 1. The molecule has 78 valence electrons. The molecule has 0 aromatic heterocycles. The van der Waals surface area contributed by atoms with Crippen molar-refractivity contribution in [2.45, 2.75) is 0 Å². The first-order valence-corrected chi connectivity index (χ1v) is 3.73. The Morgan fingerprint density at radius 1 is 1.13 bits per heavy atom. The normalized spacial score (nSPS) is 12.8. The molecule has 0 atom stereocenters. The van der Waals surface area contributed by atoms with E-state index in [9.17, 15) is 14.4 Å². The molecule has 2 rings (SSSR count). The van der Waals surface area contributed by atoms with Crippen LogP contribution in [0.15, 0.2) is 18.2 Å². The quantitative estimate of drug-likeness (QED) is 0.575. The zero-order chi connectivity index (χ0) is 10.3. The monoisotopic (exact) mass is 228 g/mol. The fraction of sp³-hybridized carbons (Fsp3) is 0. The molecule has 0 radical (unpaired) electrons. The third-order valence-electron chi connectivity index (χ3n) is 1.89. The molecular weight excluding hydrogens is 224 g/mol. The molecule has 0 saturated heterocycles. The van der Waals surface area contributed by atoms with Crippen LogP contribution in [0.25, 0.3) is 0 Å². The maximum absolute atomic E-state index is 11.0. The summed E-state index contributed by atoms with van der Waals surface area (Å²) in [5, 5.41) is 8.63. The molecular formula is C9H5ClO5. The molecule has 1 aliphatic heterocycles. The highest BCUT2D eigenvalue weighted by Gasteiger charge is 2.30. The maximum atomic E-state index is 11.0. The number of hydrogen-bond donors (Lipinski definition) is 1. The minimum atomic E-state index is -1.15. The molecule has 1 aromatic carbocycles. The van der Waals surface area contributed by atoms with E-state index >= 15 is 0 Å². The van der Waals surface area contributed by atoms with Gasteiger partial charge in [-0.3, -0.25) is 0 Å². The molecule has 1 N–H and O–H groups in total. The molecule has 5 nitrogen and oxygen atoms in total. The van der Waals surface area contributed by atoms with Crippen molar-refractivity contribution in [1.82, 2.24) is 0 Å². The van der Waals surface area contributed by atoms with E-state index in [1.54, 1.807) is 0 Å².